The van der Waals surface area contributed by atoms with Crippen LogP contribution in [0.3, 0.4) is 0 Å². The lowest BCUT2D eigenvalue weighted by Gasteiger charge is -2.10. The monoisotopic (exact) mass is 255 g/mol. The third kappa shape index (κ3) is 2.50. The van der Waals surface area contributed by atoms with Crippen LogP contribution in [0, 0.1) is 12.7 Å². The molecule has 1 aromatic carbocycles. The quantitative estimate of drug-likeness (QED) is 0.695. The number of hydrogen-bond acceptors (Lipinski definition) is 1. The van der Waals surface area contributed by atoms with Crippen LogP contribution < -0.4 is 0 Å². The van der Waals surface area contributed by atoms with E-state index in [2.05, 4.69) is 4.98 Å². The van der Waals surface area contributed by atoms with Crippen LogP contribution in [0.4, 0.5) is 17.6 Å². The molecule has 0 saturated heterocycles. The van der Waals surface area contributed by atoms with Crippen molar-refractivity contribution in [1.29, 1.82) is 0 Å². The second kappa shape index (κ2) is 4.40. The number of halogens is 4. The lowest BCUT2D eigenvalue weighted by molar-refractivity contribution is -0.137. The Labute approximate surface area is 101 Å². The maximum atomic E-state index is 12.7. The molecule has 0 fully saturated rings. The zero-order valence-corrected chi connectivity index (χ0v) is 9.42. The molecule has 2 aromatic rings. The zero-order valence-electron chi connectivity index (χ0n) is 9.42. The van der Waals surface area contributed by atoms with Crippen LogP contribution in [0.2, 0.25) is 0 Å². The van der Waals surface area contributed by atoms with Crippen LogP contribution in [0.15, 0.2) is 36.5 Å². The Morgan fingerprint density at radius 3 is 2.28 bits per heavy atom. The highest BCUT2D eigenvalue weighted by atomic mass is 19.4. The Morgan fingerprint density at radius 1 is 1.06 bits per heavy atom. The predicted molar refractivity (Wildman–Crippen MR) is 59.4 cm³/mol. The van der Waals surface area contributed by atoms with Crippen LogP contribution >= 0.6 is 0 Å². The van der Waals surface area contributed by atoms with Gasteiger partial charge < -0.3 is 0 Å². The van der Waals surface area contributed by atoms with E-state index >= 15 is 0 Å². The first-order valence-electron chi connectivity index (χ1n) is 5.18. The van der Waals surface area contributed by atoms with Gasteiger partial charge in [0.25, 0.3) is 0 Å². The van der Waals surface area contributed by atoms with Gasteiger partial charge in [0.2, 0.25) is 0 Å². The number of aromatic nitrogens is 1. The van der Waals surface area contributed by atoms with Gasteiger partial charge >= 0.3 is 6.18 Å². The van der Waals surface area contributed by atoms with Gasteiger partial charge in [0, 0.05) is 5.56 Å². The summed E-state index contributed by atoms with van der Waals surface area (Å²) in [4.78, 5) is 3.84. The standard InChI is InChI=1S/C13H9F4N/c1-8-6-9(13(15,16)17)2-4-11(8)12-5-3-10(14)7-18-12/h2-7H,1H3. The topological polar surface area (TPSA) is 12.9 Å². The molecule has 0 aliphatic carbocycles. The summed E-state index contributed by atoms with van der Waals surface area (Å²) in [6.45, 7) is 1.57. The highest BCUT2D eigenvalue weighted by molar-refractivity contribution is 5.63. The van der Waals surface area contributed by atoms with E-state index in [-0.39, 0.29) is 0 Å². The summed E-state index contributed by atoms with van der Waals surface area (Å²) in [5.74, 6) is -0.483. The Kier molecular flexibility index (Phi) is 3.07. The van der Waals surface area contributed by atoms with Crippen molar-refractivity contribution in [3.8, 4) is 11.3 Å². The molecule has 1 nitrogen and oxygen atoms in total. The van der Waals surface area contributed by atoms with Gasteiger partial charge in [-0.1, -0.05) is 6.07 Å². The summed E-state index contributed by atoms with van der Waals surface area (Å²) < 4.78 is 50.2. The van der Waals surface area contributed by atoms with Gasteiger partial charge in [-0.3, -0.25) is 4.98 Å². The molecule has 0 radical (unpaired) electrons. The van der Waals surface area contributed by atoms with E-state index in [9.17, 15) is 17.6 Å². The van der Waals surface area contributed by atoms with Gasteiger partial charge in [0.05, 0.1) is 17.5 Å². The molecule has 0 aliphatic rings. The second-order valence-electron chi connectivity index (χ2n) is 3.89. The van der Waals surface area contributed by atoms with Crippen molar-refractivity contribution < 1.29 is 17.6 Å². The number of alkyl halides is 3. The maximum absolute atomic E-state index is 12.7. The SMILES string of the molecule is Cc1cc(C(F)(F)F)ccc1-c1ccc(F)cn1. The highest BCUT2D eigenvalue weighted by Gasteiger charge is 2.30. The van der Waals surface area contributed by atoms with Crippen molar-refractivity contribution in [2.24, 2.45) is 0 Å². The molecule has 0 amide bonds. The Hall–Kier alpha value is -1.91. The molecule has 0 spiro atoms. The lowest BCUT2D eigenvalue weighted by Crippen LogP contribution is -2.05. The Balaban J connectivity index is 2.45. The number of nitrogens with zero attached hydrogens (tertiary/aromatic N) is 1. The van der Waals surface area contributed by atoms with Crippen LogP contribution in [0.1, 0.15) is 11.1 Å². The first kappa shape index (κ1) is 12.5. The first-order chi connectivity index (χ1) is 8.38. The minimum absolute atomic E-state index is 0.447. The third-order valence-electron chi connectivity index (χ3n) is 2.56. The number of hydrogen-bond donors (Lipinski definition) is 0. The van der Waals surface area contributed by atoms with Crippen LogP contribution in [0.5, 0.6) is 0 Å². The number of rotatable bonds is 1. The van der Waals surface area contributed by atoms with E-state index in [0.29, 0.717) is 16.8 Å². The van der Waals surface area contributed by atoms with Crippen molar-refractivity contribution in [2.75, 3.05) is 0 Å². The zero-order chi connectivity index (χ0) is 13.3. The summed E-state index contributed by atoms with van der Waals surface area (Å²) in [6, 6.07) is 6.05. The van der Waals surface area contributed by atoms with Crippen LogP contribution in [-0.2, 0) is 6.18 Å². The fourth-order valence-corrected chi connectivity index (χ4v) is 1.66. The van der Waals surface area contributed by atoms with Gasteiger partial charge in [-0.25, -0.2) is 4.39 Å². The molecule has 5 heteroatoms. The van der Waals surface area contributed by atoms with Gasteiger partial charge in [0.15, 0.2) is 0 Å². The highest BCUT2D eigenvalue weighted by Crippen LogP contribution is 2.32. The molecule has 0 saturated carbocycles. The molecule has 0 N–H and O–H groups in total. The van der Waals surface area contributed by atoms with Crippen molar-refractivity contribution in [3.63, 3.8) is 0 Å². The Bertz CT molecular complexity index is 558. The normalized spacial score (nSPS) is 11.6. The van der Waals surface area contributed by atoms with Gasteiger partial charge in [-0.2, -0.15) is 13.2 Å². The van der Waals surface area contributed by atoms with Gasteiger partial charge in [0.1, 0.15) is 5.82 Å². The second-order valence-corrected chi connectivity index (χ2v) is 3.89. The molecule has 0 unspecified atom stereocenters. The summed E-state index contributed by atoms with van der Waals surface area (Å²) in [5, 5.41) is 0. The minimum Gasteiger partial charge on any atom is -0.253 e. The molecule has 2 rings (SSSR count). The molecular formula is C13H9F4N. The van der Waals surface area contributed by atoms with Crippen LogP contribution in [-0.4, -0.2) is 4.98 Å². The van der Waals surface area contributed by atoms with E-state index < -0.39 is 17.6 Å². The fraction of sp³-hybridized carbons (Fsp3) is 0.154. The summed E-state index contributed by atoms with van der Waals surface area (Å²) in [6.07, 6.45) is -3.33. The van der Waals surface area contributed by atoms with Crippen molar-refractivity contribution in [2.45, 2.75) is 13.1 Å². The molecule has 0 bridgehead atoms. The number of benzene rings is 1. The van der Waals surface area contributed by atoms with Crippen molar-refractivity contribution >= 4 is 0 Å². The fourth-order valence-electron chi connectivity index (χ4n) is 1.66. The average Bonchev–Trinajstić information content (AvgIpc) is 2.29. The summed E-state index contributed by atoms with van der Waals surface area (Å²) >= 11 is 0. The maximum Gasteiger partial charge on any atom is 0.416 e. The summed E-state index contributed by atoms with van der Waals surface area (Å²) in [7, 11) is 0. The number of aryl methyl sites for hydroxylation is 1. The van der Waals surface area contributed by atoms with E-state index in [0.717, 1.165) is 18.3 Å². The van der Waals surface area contributed by atoms with E-state index in [1.807, 2.05) is 0 Å². The smallest absolute Gasteiger partial charge is 0.253 e. The third-order valence-corrected chi connectivity index (χ3v) is 2.56. The summed E-state index contributed by atoms with van der Waals surface area (Å²) in [5.41, 5.74) is 0.750. The van der Waals surface area contributed by atoms with E-state index in [1.54, 1.807) is 6.92 Å². The number of pyridine rings is 1. The first-order valence-corrected chi connectivity index (χ1v) is 5.18. The van der Waals surface area contributed by atoms with E-state index in [4.69, 9.17) is 0 Å². The van der Waals surface area contributed by atoms with Crippen molar-refractivity contribution in [1.82, 2.24) is 4.98 Å². The molecule has 0 atom stereocenters. The van der Waals surface area contributed by atoms with Gasteiger partial charge in [-0.15, -0.1) is 0 Å². The average molecular weight is 255 g/mol. The molecule has 0 aliphatic heterocycles. The minimum atomic E-state index is -4.36. The van der Waals surface area contributed by atoms with Crippen LogP contribution in [0.25, 0.3) is 11.3 Å². The van der Waals surface area contributed by atoms with Crippen molar-refractivity contribution in [3.05, 3.63) is 53.5 Å². The lowest BCUT2D eigenvalue weighted by atomic mass is 10.0. The predicted octanol–water partition coefficient (Wildman–Crippen LogP) is 4.21. The molecule has 1 heterocycles. The molecule has 94 valence electrons. The molecule has 18 heavy (non-hydrogen) atoms. The van der Waals surface area contributed by atoms with Gasteiger partial charge in [-0.05, 0) is 36.8 Å². The molecule has 1 aromatic heterocycles. The Morgan fingerprint density at radius 2 is 1.78 bits per heavy atom. The molecular weight excluding hydrogens is 246 g/mol. The largest absolute Gasteiger partial charge is 0.416 e. The van der Waals surface area contributed by atoms with E-state index in [1.165, 1.54) is 18.2 Å².